The number of benzene rings is 1. The normalized spacial score (nSPS) is 22.7. The van der Waals surface area contributed by atoms with E-state index < -0.39 is 5.60 Å². The SMILES string of the molecule is COc1ccc(C(CC(=O)OC(C)(C)C)C2CCC(O)CC2)cc1. The van der Waals surface area contributed by atoms with Crippen LogP contribution in [0.25, 0.3) is 0 Å². The second-order valence-electron chi connectivity index (χ2n) is 7.74. The number of esters is 1. The van der Waals surface area contributed by atoms with Crippen molar-refractivity contribution in [3.8, 4) is 5.75 Å². The van der Waals surface area contributed by atoms with Crippen molar-refractivity contribution in [1.82, 2.24) is 0 Å². The minimum atomic E-state index is -0.468. The molecule has 0 radical (unpaired) electrons. The molecule has 1 aliphatic carbocycles. The summed E-state index contributed by atoms with van der Waals surface area (Å²) in [4.78, 5) is 12.4. The number of aliphatic hydroxyl groups excluding tert-OH is 1. The van der Waals surface area contributed by atoms with Gasteiger partial charge in [-0.05, 0) is 76.0 Å². The third-order valence-electron chi connectivity index (χ3n) is 4.66. The van der Waals surface area contributed by atoms with Crippen LogP contribution >= 0.6 is 0 Å². The van der Waals surface area contributed by atoms with Crippen LogP contribution in [0.15, 0.2) is 24.3 Å². The van der Waals surface area contributed by atoms with Crippen LogP contribution in [0.3, 0.4) is 0 Å². The Bertz CT molecular complexity index is 522. The Morgan fingerprint density at radius 3 is 2.25 bits per heavy atom. The highest BCUT2D eigenvalue weighted by Gasteiger charge is 2.31. The fourth-order valence-corrected chi connectivity index (χ4v) is 3.47. The molecule has 1 N–H and O–H groups in total. The predicted molar refractivity (Wildman–Crippen MR) is 94.2 cm³/mol. The summed E-state index contributed by atoms with van der Waals surface area (Å²) >= 11 is 0. The molecular weight excluding hydrogens is 304 g/mol. The van der Waals surface area contributed by atoms with Crippen molar-refractivity contribution in [2.45, 2.75) is 70.5 Å². The zero-order chi connectivity index (χ0) is 17.7. The second kappa shape index (κ2) is 8.02. The fourth-order valence-electron chi connectivity index (χ4n) is 3.47. The van der Waals surface area contributed by atoms with Gasteiger partial charge in [0.1, 0.15) is 11.4 Å². The first-order chi connectivity index (χ1) is 11.3. The van der Waals surface area contributed by atoms with Crippen molar-refractivity contribution in [2.75, 3.05) is 7.11 Å². The summed E-state index contributed by atoms with van der Waals surface area (Å²) in [5.74, 6) is 1.18. The highest BCUT2D eigenvalue weighted by atomic mass is 16.6. The number of carbonyl (C=O) groups is 1. The molecule has 24 heavy (non-hydrogen) atoms. The van der Waals surface area contributed by atoms with Crippen molar-refractivity contribution < 1.29 is 19.4 Å². The molecular formula is C20H30O4. The molecule has 0 aromatic heterocycles. The molecule has 1 saturated carbocycles. The maximum absolute atomic E-state index is 12.4. The van der Waals surface area contributed by atoms with Crippen LogP contribution in [-0.2, 0) is 9.53 Å². The highest BCUT2D eigenvalue weighted by molar-refractivity contribution is 5.71. The summed E-state index contributed by atoms with van der Waals surface area (Å²) < 4.78 is 10.8. The summed E-state index contributed by atoms with van der Waals surface area (Å²) in [5, 5.41) is 9.77. The zero-order valence-corrected chi connectivity index (χ0v) is 15.2. The van der Waals surface area contributed by atoms with Crippen LogP contribution in [0.4, 0.5) is 0 Å². The third-order valence-corrected chi connectivity index (χ3v) is 4.66. The molecule has 0 spiro atoms. The minimum absolute atomic E-state index is 0.123. The van der Waals surface area contributed by atoms with Gasteiger partial charge in [-0.2, -0.15) is 0 Å². The number of ether oxygens (including phenoxy) is 2. The van der Waals surface area contributed by atoms with Gasteiger partial charge in [0.15, 0.2) is 0 Å². The molecule has 0 saturated heterocycles. The van der Waals surface area contributed by atoms with Crippen LogP contribution in [0.5, 0.6) is 5.75 Å². The lowest BCUT2D eigenvalue weighted by Crippen LogP contribution is -2.28. The lowest BCUT2D eigenvalue weighted by Gasteiger charge is -2.33. The molecule has 0 heterocycles. The van der Waals surface area contributed by atoms with Crippen LogP contribution < -0.4 is 4.74 Å². The average Bonchev–Trinajstić information content (AvgIpc) is 2.52. The van der Waals surface area contributed by atoms with Gasteiger partial charge in [-0.15, -0.1) is 0 Å². The smallest absolute Gasteiger partial charge is 0.306 e. The molecule has 2 rings (SSSR count). The van der Waals surface area contributed by atoms with Crippen LogP contribution in [0.1, 0.15) is 64.4 Å². The van der Waals surface area contributed by atoms with Gasteiger partial charge in [-0.25, -0.2) is 0 Å². The van der Waals surface area contributed by atoms with Gasteiger partial charge in [-0.3, -0.25) is 4.79 Å². The van der Waals surface area contributed by atoms with Crippen molar-refractivity contribution in [1.29, 1.82) is 0 Å². The number of rotatable bonds is 5. The lowest BCUT2D eigenvalue weighted by atomic mass is 9.74. The predicted octanol–water partition coefficient (Wildman–Crippen LogP) is 4.06. The Hall–Kier alpha value is -1.55. The third kappa shape index (κ3) is 5.52. The monoisotopic (exact) mass is 334 g/mol. The fraction of sp³-hybridized carbons (Fsp3) is 0.650. The molecule has 0 aliphatic heterocycles. The quantitative estimate of drug-likeness (QED) is 0.825. The van der Waals surface area contributed by atoms with Crippen LogP contribution in [-0.4, -0.2) is 29.9 Å². The summed E-state index contributed by atoms with van der Waals surface area (Å²) in [6, 6.07) is 7.96. The van der Waals surface area contributed by atoms with Crippen LogP contribution in [0, 0.1) is 5.92 Å². The lowest BCUT2D eigenvalue weighted by molar-refractivity contribution is -0.155. The largest absolute Gasteiger partial charge is 0.497 e. The maximum Gasteiger partial charge on any atom is 0.306 e. The average molecular weight is 334 g/mol. The molecule has 1 aromatic carbocycles. The Morgan fingerprint density at radius 2 is 1.75 bits per heavy atom. The van der Waals surface area contributed by atoms with E-state index in [1.54, 1.807) is 7.11 Å². The molecule has 4 heteroatoms. The molecule has 0 amide bonds. The molecule has 1 aliphatic rings. The van der Waals surface area contributed by atoms with Crippen molar-refractivity contribution in [3.05, 3.63) is 29.8 Å². The first-order valence-electron chi connectivity index (χ1n) is 8.82. The number of methoxy groups -OCH3 is 1. The molecule has 1 aromatic rings. The minimum Gasteiger partial charge on any atom is -0.497 e. The first kappa shape index (κ1) is 18.8. The standard InChI is InChI=1S/C20H30O4/c1-20(2,3)24-19(22)13-18(14-5-9-16(21)10-6-14)15-7-11-17(23-4)12-8-15/h7-8,11-12,14,16,18,21H,5-6,9-10,13H2,1-4H3. The van der Waals surface area contributed by atoms with Crippen LogP contribution in [0.2, 0.25) is 0 Å². The zero-order valence-electron chi connectivity index (χ0n) is 15.2. The van der Waals surface area contributed by atoms with Gasteiger partial charge < -0.3 is 14.6 Å². The highest BCUT2D eigenvalue weighted by Crippen LogP contribution is 2.39. The van der Waals surface area contributed by atoms with Gasteiger partial charge in [-0.1, -0.05) is 12.1 Å². The topological polar surface area (TPSA) is 55.8 Å². The van der Waals surface area contributed by atoms with E-state index >= 15 is 0 Å². The van der Waals surface area contributed by atoms with Gasteiger partial charge in [0.05, 0.1) is 19.6 Å². The number of hydrogen-bond donors (Lipinski definition) is 1. The summed E-state index contributed by atoms with van der Waals surface area (Å²) in [6.07, 6.45) is 3.70. The summed E-state index contributed by atoms with van der Waals surface area (Å²) in [6.45, 7) is 5.68. The van der Waals surface area contributed by atoms with E-state index in [9.17, 15) is 9.90 Å². The van der Waals surface area contributed by atoms with E-state index in [0.29, 0.717) is 12.3 Å². The Balaban J connectivity index is 2.15. The number of aliphatic hydroxyl groups is 1. The number of hydrogen-bond acceptors (Lipinski definition) is 4. The van der Waals surface area contributed by atoms with Gasteiger partial charge >= 0.3 is 5.97 Å². The Labute approximate surface area is 145 Å². The van der Waals surface area contributed by atoms with Crippen molar-refractivity contribution in [2.24, 2.45) is 5.92 Å². The van der Waals surface area contributed by atoms with E-state index in [4.69, 9.17) is 9.47 Å². The van der Waals surface area contributed by atoms with Gasteiger partial charge in [0.25, 0.3) is 0 Å². The number of carbonyl (C=O) groups excluding carboxylic acids is 1. The Kier molecular flexibility index (Phi) is 6.27. The molecule has 1 fully saturated rings. The van der Waals surface area contributed by atoms with E-state index in [1.807, 2.05) is 45.0 Å². The second-order valence-corrected chi connectivity index (χ2v) is 7.74. The molecule has 1 atom stereocenters. The van der Waals surface area contributed by atoms with E-state index in [-0.39, 0.29) is 18.0 Å². The van der Waals surface area contributed by atoms with Crippen molar-refractivity contribution in [3.63, 3.8) is 0 Å². The maximum atomic E-state index is 12.4. The van der Waals surface area contributed by atoms with Crippen molar-refractivity contribution >= 4 is 5.97 Å². The molecule has 4 nitrogen and oxygen atoms in total. The van der Waals surface area contributed by atoms with E-state index in [2.05, 4.69) is 0 Å². The van der Waals surface area contributed by atoms with E-state index in [1.165, 1.54) is 0 Å². The van der Waals surface area contributed by atoms with Gasteiger partial charge in [0.2, 0.25) is 0 Å². The Morgan fingerprint density at radius 1 is 1.17 bits per heavy atom. The first-order valence-corrected chi connectivity index (χ1v) is 8.82. The summed E-state index contributed by atoms with van der Waals surface area (Å²) in [5.41, 5.74) is 0.674. The molecule has 1 unspecified atom stereocenters. The van der Waals surface area contributed by atoms with Gasteiger partial charge in [0, 0.05) is 0 Å². The molecule has 0 bridgehead atoms. The van der Waals surface area contributed by atoms with E-state index in [0.717, 1.165) is 37.0 Å². The molecule has 134 valence electrons. The summed E-state index contributed by atoms with van der Waals surface area (Å²) in [7, 11) is 1.65.